The molecule has 2 aromatic carbocycles. The van der Waals surface area contributed by atoms with E-state index < -0.39 is 5.97 Å². The van der Waals surface area contributed by atoms with Crippen LogP contribution < -0.4 is 9.47 Å². The molecule has 0 unspecified atom stereocenters. The molecule has 5 nitrogen and oxygen atoms in total. The molecule has 0 aliphatic heterocycles. The third-order valence-corrected chi connectivity index (χ3v) is 2.86. The number of carbonyl (C=O) groups excluding carboxylic acids is 1. The molecular formula is C14H14O5. The van der Waals surface area contributed by atoms with Crippen molar-refractivity contribution < 1.29 is 24.1 Å². The van der Waals surface area contributed by atoms with Crippen LogP contribution in [0.4, 0.5) is 0 Å². The topological polar surface area (TPSA) is 65.0 Å². The first-order valence-electron chi connectivity index (χ1n) is 5.57. The fourth-order valence-electron chi connectivity index (χ4n) is 1.91. The fraction of sp³-hybridized carbons (Fsp3) is 0.214. The highest BCUT2D eigenvalue weighted by molar-refractivity contribution is 5.99. The Labute approximate surface area is 110 Å². The average molecular weight is 262 g/mol. The van der Waals surface area contributed by atoms with Crippen LogP contribution in [0, 0.1) is 0 Å². The molecule has 0 atom stereocenters. The van der Waals surface area contributed by atoms with Crippen molar-refractivity contribution in [2.45, 2.75) is 0 Å². The summed E-state index contributed by atoms with van der Waals surface area (Å²) in [4.78, 5) is 11.5. The van der Waals surface area contributed by atoms with Gasteiger partial charge in [0.05, 0.1) is 26.9 Å². The van der Waals surface area contributed by atoms with E-state index in [1.807, 2.05) is 0 Å². The lowest BCUT2D eigenvalue weighted by Crippen LogP contribution is -2.01. The number of esters is 1. The molecule has 2 rings (SSSR count). The average Bonchev–Trinajstić information content (AvgIpc) is 2.44. The normalized spacial score (nSPS) is 10.3. The van der Waals surface area contributed by atoms with Gasteiger partial charge in [-0.15, -0.1) is 0 Å². The van der Waals surface area contributed by atoms with E-state index in [1.165, 1.54) is 27.4 Å². The number of rotatable bonds is 3. The molecular weight excluding hydrogens is 248 g/mol. The zero-order valence-electron chi connectivity index (χ0n) is 10.9. The Morgan fingerprint density at radius 3 is 2.21 bits per heavy atom. The predicted molar refractivity (Wildman–Crippen MR) is 70.1 cm³/mol. The number of phenols is 1. The molecule has 0 radical (unpaired) electrons. The summed E-state index contributed by atoms with van der Waals surface area (Å²) in [7, 11) is 4.33. The highest BCUT2D eigenvalue weighted by Gasteiger charge is 2.13. The molecule has 1 N–H and O–H groups in total. The summed E-state index contributed by atoms with van der Waals surface area (Å²) < 4.78 is 15.0. The van der Waals surface area contributed by atoms with Crippen molar-refractivity contribution in [3.8, 4) is 17.2 Å². The van der Waals surface area contributed by atoms with Crippen LogP contribution in [0.25, 0.3) is 10.8 Å². The van der Waals surface area contributed by atoms with Crippen LogP contribution in [0.15, 0.2) is 24.3 Å². The quantitative estimate of drug-likeness (QED) is 0.860. The minimum absolute atomic E-state index is 0.0150. The van der Waals surface area contributed by atoms with Gasteiger partial charge >= 0.3 is 5.97 Å². The second-order valence-corrected chi connectivity index (χ2v) is 3.92. The molecule has 0 aliphatic carbocycles. The predicted octanol–water partition coefficient (Wildman–Crippen LogP) is 2.35. The van der Waals surface area contributed by atoms with Gasteiger partial charge in [-0.1, -0.05) is 0 Å². The molecule has 0 aromatic heterocycles. The summed E-state index contributed by atoms with van der Waals surface area (Å²) in [5, 5.41) is 11.2. The second kappa shape index (κ2) is 5.06. The Kier molecular flexibility index (Phi) is 3.46. The molecule has 0 fully saturated rings. The third-order valence-electron chi connectivity index (χ3n) is 2.86. The van der Waals surface area contributed by atoms with Crippen LogP contribution in [0.3, 0.4) is 0 Å². The van der Waals surface area contributed by atoms with Crippen LogP contribution in [0.1, 0.15) is 10.4 Å². The van der Waals surface area contributed by atoms with Gasteiger partial charge in [-0.25, -0.2) is 4.79 Å². The maximum atomic E-state index is 11.5. The zero-order valence-corrected chi connectivity index (χ0v) is 10.9. The zero-order chi connectivity index (χ0) is 14.0. The number of phenolic OH excluding ortho intramolecular Hbond substituents is 1. The van der Waals surface area contributed by atoms with E-state index in [0.29, 0.717) is 22.3 Å². The molecule has 0 bridgehead atoms. The summed E-state index contributed by atoms with van der Waals surface area (Å²) in [6.45, 7) is 0. The molecule has 0 saturated carbocycles. The summed E-state index contributed by atoms with van der Waals surface area (Å²) >= 11 is 0. The van der Waals surface area contributed by atoms with Crippen molar-refractivity contribution in [1.82, 2.24) is 0 Å². The SMILES string of the molecule is COC(=O)c1cc(O)c2cc(OC)c(OC)cc2c1. The molecule has 19 heavy (non-hydrogen) atoms. The van der Waals surface area contributed by atoms with Gasteiger partial charge in [-0.05, 0) is 29.7 Å². The van der Waals surface area contributed by atoms with Crippen LogP contribution >= 0.6 is 0 Å². The molecule has 0 saturated heterocycles. The highest BCUT2D eigenvalue weighted by Crippen LogP contribution is 2.36. The maximum absolute atomic E-state index is 11.5. The lowest BCUT2D eigenvalue weighted by Gasteiger charge is -2.11. The van der Waals surface area contributed by atoms with Crippen molar-refractivity contribution in [1.29, 1.82) is 0 Å². The van der Waals surface area contributed by atoms with Gasteiger partial charge in [0.2, 0.25) is 0 Å². The molecule has 0 spiro atoms. The number of carbonyl (C=O) groups is 1. The van der Waals surface area contributed by atoms with Gasteiger partial charge in [0.25, 0.3) is 0 Å². The lowest BCUT2D eigenvalue weighted by atomic mass is 10.0. The summed E-state index contributed by atoms with van der Waals surface area (Å²) in [5.74, 6) is 0.512. The van der Waals surface area contributed by atoms with Crippen LogP contribution in [-0.4, -0.2) is 32.4 Å². The van der Waals surface area contributed by atoms with Gasteiger partial charge in [0.15, 0.2) is 11.5 Å². The first-order chi connectivity index (χ1) is 9.10. The van der Waals surface area contributed by atoms with Crippen molar-refractivity contribution >= 4 is 16.7 Å². The van der Waals surface area contributed by atoms with E-state index in [9.17, 15) is 9.90 Å². The molecule has 2 aromatic rings. The monoisotopic (exact) mass is 262 g/mol. The van der Waals surface area contributed by atoms with E-state index in [0.717, 1.165) is 0 Å². The summed E-state index contributed by atoms with van der Waals surface area (Å²) in [6.07, 6.45) is 0. The Balaban J connectivity index is 2.70. The Morgan fingerprint density at radius 1 is 1.00 bits per heavy atom. The van der Waals surface area contributed by atoms with E-state index >= 15 is 0 Å². The Hall–Kier alpha value is -2.43. The minimum Gasteiger partial charge on any atom is -0.507 e. The largest absolute Gasteiger partial charge is 0.507 e. The maximum Gasteiger partial charge on any atom is 0.338 e. The summed E-state index contributed by atoms with van der Waals surface area (Å²) in [5.41, 5.74) is 0.278. The summed E-state index contributed by atoms with van der Waals surface area (Å²) in [6, 6.07) is 6.34. The first kappa shape index (κ1) is 13.0. The van der Waals surface area contributed by atoms with Crippen molar-refractivity contribution in [3.63, 3.8) is 0 Å². The van der Waals surface area contributed by atoms with Gasteiger partial charge in [0, 0.05) is 5.39 Å². The number of ether oxygens (including phenoxy) is 3. The first-order valence-corrected chi connectivity index (χ1v) is 5.57. The van der Waals surface area contributed by atoms with E-state index in [-0.39, 0.29) is 11.3 Å². The molecule has 5 heteroatoms. The van der Waals surface area contributed by atoms with Crippen LogP contribution in [0.2, 0.25) is 0 Å². The van der Waals surface area contributed by atoms with Gasteiger partial charge in [-0.2, -0.15) is 0 Å². The third kappa shape index (κ3) is 2.27. The van der Waals surface area contributed by atoms with Gasteiger partial charge in [0.1, 0.15) is 5.75 Å². The molecule has 0 amide bonds. The molecule has 100 valence electrons. The van der Waals surface area contributed by atoms with Crippen LogP contribution in [-0.2, 0) is 4.74 Å². The number of methoxy groups -OCH3 is 3. The standard InChI is InChI=1S/C14H14O5/c1-17-12-6-8-4-9(14(16)19-3)5-11(15)10(8)7-13(12)18-2/h4-7,15H,1-3H3. The number of aromatic hydroxyl groups is 1. The molecule has 0 heterocycles. The Morgan fingerprint density at radius 2 is 1.63 bits per heavy atom. The van der Waals surface area contributed by atoms with Crippen molar-refractivity contribution in [3.05, 3.63) is 29.8 Å². The van der Waals surface area contributed by atoms with Crippen molar-refractivity contribution in [2.75, 3.05) is 21.3 Å². The Bertz CT molecular complexity index is 633. The van der Waals surface area contributed by atoms with E-state index in [1.54, 1.807) is 18.2 Å². The van der Waals surface area contributed by atoms with Gasteiger partial charge < -0.3 is 19.3 Å². The smallest absolute Gasteiger partial charge is 0.338 e. The number of hydrogen-bond acceptors (Lipinski definition) is 5. The van der Waals surface area contributed by atoms with E-state index in [4.69, 9.17) is 9.47 Å². The number of hydrogen-bond donors (Lipinski definition) is 1. The fourth-order valence-corrected chi connectivity index (χ4v) is 1.91. The molecule has 0 aliphatic rings. The minimum atomic E-state index is -0.507. The van der Waals surface area contributed by atoms with Gasteiger partial charge in [-0.3, -0.25) is 0 Å². The van der Waals surface area contributed by atoms with Crippen LogP contribution in [0.5, 0.6) is 17.2 Å². The second-order valence-electron chi connectivity index (χ2n) is 3.92. The highest BCUT2D eigenvalue weighted by atomic mass is 16.5. The number of benzene rings is 2. The van der Waals surface area contributed by atoms with E-state index in [2.05, 4.69) is 4.74 Å². The van der Waals surface area contributed by atoms with Crippen molar-refractivity contribution in [2.24, 2.45) is 0 Å². The lowest BCUT2D eigenvalue weighted by molar-refractivity contribution is 0.0600. The number of fused-ring (bicyclic) bond motifs is 1.